The molecule has 1 aliphatic rings. The average Bonchev–Trinajstić information content (AvgIpc) is 2.87. The van der Waals surface area contributed by atoms with Gasteiger partial charge in [0.15, 0.2) is 0 Å². The predicted octanol–water partition coefficient (Wildman–Crippen LogP) is 7.40. The monoisotopic (exact) mass is 462 g/mol. The molecule has 0 N–H and O–H groups in total. The summed E-state index contributed by atoms with van der Waals surface area (Å²) in [5.41, 5.74) is 3.56. The van der Waals surface area contributed by atoms with Crippen LogP contribution in [0.25, 0.3) is 0 Å². The Bertz CT molecular complexity index is 919. The van der Waals surface area contributed by atoms with E-state index in [9.17, 15) is 8.78 Å². The Morgan fingerprint density at radius 1 is 0.794 bits per heavy atom. The van der Waals surface area contributed by atoms with Gasteiger partial charge in [-0.3, -0.25) is 4.98 Å². The van der Waals surface area contributed by atoms with Gasteiger partial charge >= 0.3 is 0 Å². The molecule has 0 spiro atoms. The SMILES string of the molecule is Fc1ccc(C(CC2CCN(CCCCCCc3cccnc3)CC2)c2ccc(F)cc2)cc1. The molecule has 0 atom stereocenters. The third-order valence-electron chi connectivity index (χ3n) is 7.23. The minimum absolute atomic E-state index is 0.178. The van der Waals surface area contributed by atoms with Crippen molar-refractivity contribution >= 4 is 0 Å². The molecule has 4 rings (SSSR count). The van der Waals surface area contributed by atoms with Crippen molar-refractivity contribution in [2.45, 2.75) is 57.3 Å². The number of piperidine rings is 1. The van der Waals surface area contributed by atoms with Crippen molar-refractivity contribution in [3.63, 3.8) is 0 Å². The van der Waals surface area contributed by atoms with Crippen molar-refractivity contribution in [1.82, 2.24) is 9.88 Å². The standard InChI is InChI=1S/C30H36F2N2/c31-28-12-8-26(9-13-28)30(27-10-14-29(32)15-11-27)22-24-16-20-34(21-17-24)19-4-2-1-3-6-25-7-5-18-33-23-25/h5,7-15,18,23-24,30H,1-4,6,16-17,19-22H2. The molecule has 2 aromatic carbocycles. The summed E-state index contributed by atoms with van der Waals surface area (Å²) in [6.07, 6.45) is 13.4. The number of likely N-dealkylation sites (tertiary alicyclic amines) is 1. The molecule has 3 aromatic rings. The molecule has 34 heavy (non-hydrogen) atoms. The number of nitrogens with zero attached hydrogens (tertiary/aromatic N) is 2. The van der Waals surface area contributed by atoms with Crippen LogP contribution in [0, 0.1) is 17.6 Å². The van der Waals surface area contributed by atoms with Crippen molar-refractivity contribution in [2.24, 2.45) is 5.92 Å². The molecule has 0 saturated carbocycles. The summed E-state index contributed by atoms with van der Waals surface area (Å²) in [7, 11) is 0. The van der Waals surface area contributed by atoms with E-state index in [2.05, 4.69) is 16.0 Å². The average molecular weight is 463 g/mol. The molecule has 1 aliphatic heterocycles. The van der Waals surface area contributed by atoms with Crippen LogP contribution in [-0.2, 0) is 6.42 Å². The number of hydrogen-bond donors (Lipinski definition) is 0. The Balaban J connectivity index is 1.20. The number of aryl methyl sites for hydroxylation is 1. The molecule has 180 valence electrons. The van der Waals surface area contributed by atoms with E-state index >= 15 is 0 Å². The van der Waals surface area contributed by atoms with Gasteiger partial charge in [-0.15, -0.1) is 0 Å². The fourth-order valence-corrected chi connectivity index (χ4v) is 5.20. The van der Waals surface area contributed by atoms with Gasteiger partial charge in [0.25, 0.3) is 0 Å². The normalized spacial score (nSPS) is 15.1. The van der Waals surface area contributed by atoms with E-state index in [1.165, 1.54) is 74.9 Å². The lowest BCUT2D eigenvalue weighted by molar-refractivity contribution is 0.173. The summed E-state index contributed by atoms with van der Waals surface area (Å²) in [6.45, 7) is 3.50. The summed E-state index contributed by atoms with van der Waals surface area (Å²) in [6, 6.07) is 17.8. The molecule has 0 bridgehead atoms. The lowest BCUT2D eigenvalue weighted by Gasteiger charge is -2.34. The van der Waals surface area contributed by atoms with Crippen LogP contribution in [0.5, 0.6) is 0 Å². The molecule has 4 heteroatoms. The number of aromatic nitrogens is 1. The molecule has 1 fully saturated rings. The minimum Gasteiger partial charge on any atom is -0.303 e. The van der Waals surface area contributed by atoms with Crippen LogP contribution in [0.3, 0.4) is 0 Å². The van der Waals surface area contributed by atoms with Gasteiger partial charge in [-0.05, 0) is 111 Å². The molecular formula is C30H36F2N2. The van der Waals surface area contributed by atoms with Crippen molar-refractivity contribution in [1.29, 1.82) is 0 Å². The first kappa shape index (κ1) is 24.5. The maximum absolute atomic E-state index is 13.5. The Morgan fingerprint density at radius 2 is 1.41 bits per heavy atom. The summed E-state index contributed by atoms with van der Waals surface area (Å²) in [4.78, 5) is 6.80. The van der Waals surface area contributed by atoms with E-state index in [1.807, 2.05) is 42.7 Å². The third kappa shape index (κ3) is 7.46. The number of pyridine rings is 1. The second-order valence-corrected chi connectivity index (χ2v) is 9.70. The van der Waals surface area contributed by atoms with Crippen molar-refractivity contribution in [2.75, 3.05) is 19.6 Å². The van der Waals surface area contributed by atoms with Gasteiger partial charge in [0.05, 0.1) is 0 Å². The molecule has 1 aromatic heterocycles. The smallest absolute Gasteiger partial charge is 0.123 e. The highest BCUT2D eigenvalue weighted by Gasteiger charge is 2.24. The van der Waals surface area contributed by atoms with Gasteiger partial charge in [-0.2, -0.15) is 0 Å². The lowest BCUT2D eigenvalue weighted by Crippen LogP contribution is -2.34. The van der Waals surface area contributed by atoms with Crippen LogP contribution < -0.4 is 0 Å². The van der Waals surface area contributed by atoms with Crippen molar-refractivity contribution < 1.29 is 8.78 Å². The van der Waals surface area contributed by atoms with E-state index in [-0.39, 0.29) is 17.6 Å². The van der Waals surface area contributed by atoms with Gasteiger partial charge in [0.2, 0.25) is 0 Å². The highest BCUT2D eigenvalue weighted by Crippen LogP contribution is 2.35. The number of benzene rings is 2. The van der Waals surface area contributed by atoms with Crippen LogP contribution in [-0.4, -0.2) is 29.5 Å². The molecule has 0 amide bonds. The fourth-order valence-electron chi connectivity index (χ4n) is 5.20. The lowest BCUT2D eigenvalue weighted by atomic mass is 9.80. The van der Waals surface area contributed by atoms with Crippen molar-refractivity contribution in [3.05, 3.63) is 101 Å². The quantitative estimate of drug-likeness (QED) is 0.276. The largest absolute Gasteiger partial charge is 0.303 e. The second-order valence-electron chi connectivity index (χ2n) is 9.70. The Kier molecular flexibility index (Phi) is 9.20. The van der Waals surface area contributed by atoms with Gasteiger partial charge in [0.1, 0.15) is 11.6 Å². The first-order valence-corrected chi connectivity index (χ1v) is 12.8. The molecule has 0 unspecified atom stereocenters. The highest BCUT2D eigenvalue weighted by atomic mass is 19.1. The zero-order valence-corrected chi connectivity index (χ0v) is 20.0. The number of halogens is 2. The first-order valence-electron chi connectivity index (χ1n) is 12.8. The molecule has 0 radical (unpaired) electrons. The van der Waals surface area contributed by atoms with E-state index in [4.69, 9.17) is 0 Å². The van der Waals surface area contributed by atoms with Crippen molar-refractivity contribution in [3.8, 4) is 0 Å². The van der Waals surface area contributed by atoms with Gasteiger partial charge < -0.3 is 4.90 Å². The Labute approximate surface area is 203 Å². The van der Waals surface area contributed by atoms with Crippen LogP contribution in [0.15, 0.2) is 73.1 Å². The first-order chi connectivity index (χ1) is 16.7. The molecule has 2 heterocycles. The molecular weight excluding hydrogens is 426 g/mol. The maximum atomic E-state index is 13.5. The van der Waals surface area contributed by atoms with E-state index in [1.54, 1.807) is 0 Å². The zero-order valence-electron chi connectivity index (χ0n) is 20.0. The van der Waals surface area contributed by atoms with Crippen LogP contribution >= 0.6 is 0 Å². The van der Waals surface area contributed by atoms with E-state index in [0.717, 1.165) is 37.1 Å². The molecule has 2 nitrogen and oxygen atoms in total. The summed E-state index contributed by atoms with van der Waals surface area (Å²) >= 11 is 0. The van der Waals surface area contributed by atoms with Gasteiger partial charge in [-0.25, -0.2) is 8.78 Å². The van der Waals surface area contributed by atoms with E-state index in [0.29, 0.717) is 5.92 Å². The third-order valence-corrected chi connectivity index (χ3v) is 7.23. The van der Waals surface area contributed by atoms with Gasteiger partial charge in [-0.1, -0.05) is 43.2 Å². The van der Waals surface area contributed by atoms with Crippen LogP contribution in [0.2, 0.25) is 0 Å². The Morgan fingerprint density at radius 3 is 2.00 bits per heavy atom. The molecule has 1 saturated heterocycles. The fraction of sp³-hybridized carbons (Fsp3) is 0.433. The van der Waals surface area contributed by atoms with Gasteiger partial charge in [0, 0.05) is 18.3 Å². The predicted molar refractivity (Wildman–Crippen MR) is 135 cm³/mol. The van der Waals surface area contributed by atoms with E-state index < -0.39 is 0 Å². The molecule has 0 aliphatic carbocycles. The zero-order chi connectivity index (χ0) is 23.6. The number of rotatable bonds is 11. The summed E-state index contributed by atoms with van der Waals surface area (Å²) < 4.78 is 27.0. The maximum Gasteiger partial charge on any atom is 0.123 e. The summed E-state index contributed by atoms with van der Waals surface area (Å²) in [5.74, 6) is 0.382. The van der Waals surface area contributed by atoms with Crippen LogP contribution in [0.1, 0.15) is 67.6 Å². The minimum atomic E-state index is -0.216. The Hall–Kier alpha value is -2.59. The van der Waals surface area contributed by atoms with Crippen LogP contribution in [0.4, 0.5) is 8.78 Å². The number of unbranched alkanes of at least 4 members (excludes halogenated alkanes) is 3. The second kappa shape index (κ2) is 12.8. The topological polar surface area (TPSA) is 16.1 Å². The number of hydrogen-bond acceptors (Lipinski definition) is 2. The highest BCUT2D eigenvalue weighted by molar-refractivity contribution is 5.33. The summed E-state index contributed by atoms with van der Waals surface area (Å²) in [5, 5.41) is 0.